The van der Waals surface area contributed by atoms with Gasteiger partial charge in [-0.3, -0.25) is 0 Å². The lowest BCUT2D eigenvalue weighted by atomic mass is 10.2. The highest BCUT2D eigenvalue weighted by molar-refractivity contribution is 7.09. The van der Waals surface area contributed by atoms with Crippen molar-refractivity contribution in [2.75, 3.05) is 6.54 Å². The number of nitrogens with two attached hydrogens (primary N) is 2. The van der Waals surface area contributed by atoms with Crippen LogP contribution in [0.15, 0.2) is 5.51 Å². The first-order valence-electron chi connectivity index (χ1n) is 3.58. The van der Waals surface area contributed by atoms with Crippen LogP contribution in [0.4, 0.5) is 0 Å². The Bertz CT molecular complexity index is 221. The van der Waals surface area contributed by atoms with Gasteiger partial charge < -0.3 is 11.5 Å². The fourth-order valence-electron chi connectivity index (χ4n) is 0.844. The predicted octanol–water partition coefficient (Wildman–Crippen LogP) is 0.280. The first kappa shape index (κ1) is 8.64. The fraction of sp³-hybridized carbons (Fsp3) is 0.571. The van der Waals surface area contributed by atoms with Gasteiger partial charge in [0.15, 0.2) is 0 Å². The number of rotatable bonds is 3. The first-order chi connectivity index (χ1) is 5.24. The Labute approximate surface area is 70.4 Å². The topological polar surface area (TPSA) is 64.9 Å². The Hall–Kier alpha value is -0.450. The molecule has 0 spiro atoms. The lowest BCUT2D eigenvalue weighted by Crippen LogP contribution is -2.31. The zero-order valence-electron chi connectivity index (χ0n) is 6.58. The van der Waals surface area contributed by atoms with Crippen molar-refractivity contribution in [2.45, 2.75) is 19.4 Å². The highest BCUT2D eigenvalue weighted by Gasteiger charge is 2.05. The monoisotopic (exact) mass is 171 g/mol. The average Bonchev–Trinajstić information content (AvgIpc) is 2.37. The van der Waals surface area contributed by atoms with Gasteiger partial charge in [-0.15, -0.1) is 11.3 Å². The summed E-state index contributed by atoms with van der Waals surface area (Å²) >= 11 is 1.65. The molecule has 0 aromatic carbocycles. The van der Waals surface area contributed by atoms with E-state index in [0.717, 1.165) is 12.1 Å². The molecule has 0 amide bonds. The summed E-state index contributed by atoms with van der Waals surface area (Å²) in [7, 11) is 0. The third-order valence-electron chi connectivity index (χ3n) is 1.60. The Balaban J connectivity index is 2.56. The minimum Gasteiger partial charge on any atom is -0.329 e. The van der Waals surface area contributed by atoms with E-state index in [4.69, 9.17) is 11.5 Å². The first-order valence-corrected chi connectivity index (χ1v) is 4.46. The molecule has 0 saturated carbocycles. The SMILES string of the molecule is Cc1ncsc1CC(N)CN. The fourth-order valence-corrected chi connectivity index (χ4v) is 1.72. The zero-order valence-corrected chi connectivity index (χ0v) is 7.40. The summed E-state index contributed by atoms with van der Waals surface area (Å²) in [6.07, 6.45) is 0.854. The van der Waals surface area contributed by atoms with Crippen LogP contribution in [0.5, 0.6) is 0 Å². The van der Waals surface area contributed by atoms with E-state index in [9.17, 15) is 0 Å². The van der Waals surface area contributed by atoms with E-state index >= 15 is 0 Å². The van der Waals surface area contributed by atoms with Crippen molar-refractivity contribution < 1.29 is 0 Å². The Morgan fingerprint density at radius 2 is 2.45 bits per heavy atom. The molecule has 1 heterocycles. The molecule has 1 unspecified atom stereocenters. The van der Waals surface area contributed by atoms with Gasteiger partial charge in [-0.05, 0) is 13.3 Å². The molecule has 0 fully saturated rings. The van der Waals surface area contributed by atoms with Crippen molar-refractivity contribution in [1.82, 2.24) is 4.98 Å². The summed E-state index contributed by atoms with van der Waals surface area (Å²) in [6, 6.07) is 0.0779. The van der Waals surface area contributed by atoms with Crippen molar-refractivity contribution in [3.05, 3.63) is 16.1 Å². The summed E-state index contributed by atoms with van der Waals surface area (Å²) in [5, 5.41) is 0. The van der Waals surface area contributed by atoms with Gasteiger partial charge in [0.05, 0.1) is 11.2 Å². The van der Waals surface area contributed by atoms with Crippen molar-refractivity contribution in [1.29, 1.82) is 0 Å². The van der Waals surface area contributed by atoms with Gasteiger partial charge in [0.2, 0.25) is 0 Å². The van der Waals surface area contributed by atoms with Crippen LogP contribution in [0.2, 0.25) is 0 Å². The van der Waals surface area contributed by atoms with E-state index < -0.39 is 0 Å². The van der Waals surface area contributed by atoms with Crippen molar-refractivity contribution in [3.8, 4) is 0 Å². The smallest absolute Gasteiger partial charge is 0.0797 e. The molecule has 1 aromatic heterocycles. The molecule has 0 aliphatic carbocycles. The van der Waals surface area contributed by atoms with Crippen LogP contribution in [-0.2, 0) is 6.42 Å². The van der Waals surface area contributed by atoms with Gasteiger partial charge in [0.25, 0.3) is 0 Å². The maximum atomic E-state index is 5.69. The molecule has 1 rings (SSSR count). The lowest BCUT2D eigenvalue weighted by molar-refractivity contribution is 0.682. The van der Waals surface area contributed by atoms with Crippen molar-refractivity contribution >= 4 is 11.3 Å². The maximum absolute atomic E-state index is 5.69. The lowest BCUT2D eigenvalue weighted by Gasteiger charge is -2.05. The third-order valence-corrected chi connectivity index (χ3v) is 2.55. The maximum Gasteiger partial charge on any atom is 0.0797 e. The molecular formula is C7H13N3S. The highest BCUT2D eigenvalue weighted by atomic mass is 32.1. The number of aromatic nitrogens is 1. The number of thiazole rings is 1. The quantitative estimate of drug-likeness (QED) is 0.686. The van der Waals surface area contributed by atoms with Crippen LogP contribution in [0.25, 0.3) is 0 Å². The molecule has 1 atom stereocenters. The van der Waals surface area contributed by atoms with Crippen LogP contribution in [-0.4, -0.2) is 17.6 Å². The van der Waals surface area contributed by atoms with Crippen LogP contribution in [0.3, 0.4) is 0 Å². The van der Waals surface area contributed by atoms with E-state index in [1.165, 1.54) is 4.88 Å². The van der Waals surface area contributed by atoms with Gasteiger partial charge in [-0.25, -0.2) is 4.98 Å². The molecule has 0 bridgehead atoms. The molecule has 1 aromatic rings. The Morgan fingerprint density at radius 3 is 2.91 bits per heavy atom. The van der Waals surface area contributed by atoms with Crippen molar-refractivity contribution in [3.63, 3.8) is 0 Å². The number of aryl methyl sites for hydroxylation is 1. The number of nitrogens with zero attached hydrogens (tertiary/aromatic N) is 1. The number of hydrogen-bond donors (Lipinski definition) is 2. The minimum atomic E-state index is 0.0779. The Morgan fingerprint density at radius 1 is 1.73 bits per heavy atom. The predicted molar refractivity (Wildman–Crippen MR) is 47.6 cm³/mol. The minimum absolute atomic E-state index is 0.0779. The van der Waals surface area contributed by atoms with Gasteiger partial charge in [0, 0.05) is 17.5 Å². The van der Waals surface area contributed by atoms with E-state index in [1.54, 1.807) is 11.3 Å². The summed E-state index contributed by atoms with van der Waals surface area (Å²) in [5.74, 6) is 0. The van der Waals surface area contributed by atoms with Gasteiger partial charge in [-0.2, -0.15) is 0 Å². The van der Waals surface area contributed by atoms with E-state index in [2.05, 4.69) is 4.98 Å². The van der Waals surface area contributed by atoms with E-state index in [-0.39, 0.29) is 6.04 Å². The molecule has 0 saturated heterocycles. The Kier molecular flexibility index (Phi) is 2.99. The zero-order chi connectivity index (χ0) is 8.27. The average molecular weight is 171 g/mol. The molecule has 11 heavy (non-hydrogen) atoms. The van der Waals surface area contributed by atoms with Crippen molar-refractivity contribution in [2.24, 2.45) is 11.5 Å². The highest BCUT2D eigenvalue weighted by Crippen LogP contribution is 2.13. The second kappa shape index (κ2) is 3.80. The molecule has 0 aliphatic heterocycles. The normalized spacial score (nSPS) is 13.4. The van der Waals surface area contributed by atoms with Gasteiger partial charge in [-0.1, -0.05) is 0 Å². The second-order valence-corrected chi connectivity index (χ2v) is 3.50. The van der Waals surface area contributed by atoms with Crippen LogP contribution < -0.4 is 11.5 Å². The van der Waals surface area contributed by atoms with E-state index in [1.807, 2.05) is 12.4 Å². The van der Waals surface area contributed by atoms with Gasteiger partial charge in [0.1, 0.15) is 0 Å². The second-order valence-electron chi connectivity index (χ2n) is 2.56. The van der Waals surface area contributed by atoms with Crippen LogP contribution in [0.1, 0.15) is 10.6 Å². The number of hydrogen-bond acceptors (Lipinski definition) is 4. The van der Waals surface area contributed by atoms with Crippen LogP contribution >= 0.6 is 11.3 Å². The molecule has 4 N–H and O–H groups in total. The molecule has 4 heteroatoms. The van der Waals surface area contributed by atoms with Crippen LogP contribution in [0, 0.1) is 6.92 Å². The van der Waals surface area contributed by atoms with Gasteiger partial charge >= 0.3 is 0 Å². The molecule has 3 nitrogen and oxygen atoms in total. The summed E-state index contributed by atoms with van der Waals surface area (Å²) in [5.41, 5.74) is 14.0. The van der Waals surface area contributed by atoms with E-state index in [0.29, 0.717) is 6.54 Å². The molecule has 62 valence electrons. The molecule has 0 radical (unpaired) electrons. The summed E-state index contributed by atoms with van der Waals surface area (Å²) < 4.78 is 0. The molecular weight excluding hydrogens is 158 g/mol. The summed E-state index contributed by atoms with van der Waals surface area (Å²) in [4.78, 5) is 5.38. The third kappa shape index (κ3) is 2.25. The summed E-state index contributed by atoms with van der Waals surface area (Å²) in [6.45, 7) is 2.53. The standard InChI is InChI=1S/C7H13N3S/c1-5-7(11-4-10-5)2-6(9)3-8/h4,6H,2-3,8-9H2,1H3. The molecule has 0 aliphatic rings. The largest absolute Gasteiger partial charge is 0.329 e.